The first-order valence-electron chi connectivity index (χ1n) is 6.63. The average Bonchev–Trinajstić information content (AvgIpc) is 2.28. The van der Waals surface area contributed by atoms with Crippen molar-refractivity contribution in [3.05, 3.63) is 35.6 Å². The van der Waals surface area contributed by atoms with Gasteiger partial charge in [-0.25, -0.2) is 4.39 Å². The minimum absolute atomic E-state index is 0.0944. The van der Waals surface area contributed by atoms with E-state index in [-0.39, 0.29) is 11.9 Å². The molecule has 0 aliphatic rings. The molecular weight excluding hydrogens is 213 g/mol. The summed E-state index contributed by atoms with van der Waals surface area (Å²) in [6.07, 6.45) is 3.35. The van der Waals surface area contributed by atoms with Crippen molar-refractivity contribution in [1.29, 1.82) is 0 Å². The maximum atomic E-state index is 13.7. The molecule has 1 aromatic carbocycles. The van der Waals surface area contributed by atoms with Crippen LogP contribution in [0.15, 0.2) is 24.3 Å². The second-order valence-corrected chi connectivity index (χ2v) is 4.96. The zero-order valence-corrected chi connectivity index (χ0v) is 11.2. The monoisotopic (exact) mass is 237 g/mol. The molecule has 0 heterocycles. The van der Waals surface area contributed by atoms with Crippen molar-refractivity contribution >= 4 is 0 Å². The van der Waals surface area contributed by atoms with Crippen molar-refractivity contribution < 1.29 is 4.39 Å². The van der Waals surface area contributed by atoms with Crippen LogP contribution in [0.4, 0.5) is 4.39 Å². The number of benzene rings is 1. The van der Waals surface area contributed by atoms with Crippen LogP contribution in [0, 0.1) is 11.7 Å². The second kappa shape index (κ2) is 7.44. The van der Waals surface area contributed by atoms with E-state index in [9.17, 15) is 4.39 Å². The quantitative estimate of drug-likeness (QED) is 0.745. The van der Waals surface area contributed by atoms with Gasteiger partial charge in [0.25, 0.3) is 0 Å². The molecule has 1 rings (SSSR count). The molecule has 0 aliphatic carbocycles. The van der Waals surface area contributed by atoms with Gasteiger partial charge < -0.3 is 5.32 Å². The zero-order chi connectivity index (χ0) is 12.7. The Morgan fingerprint density at radius 1 is 1.18 bits per heavy atom. The minimum atomic E-state index is -0.0944. The lowest BCUT2D eigenvalue weighted by atomic mass is 9.97. The van der Waals surface area contributed by atoms with Crippen molar-refractivity contribution in [2.75, 3.05) is 6.54 Å². The predicted molar refractivity (Wildman–Crippen MR) is 71.5 cm³/mol. The first kappa shape index (κ1) is 14.2. The Labute approximate surface area is 104 Å². The molecule has 0 aliphatic heterocycles. The molecule has 0 saturated heterocycles. The van der Waals surface area contributed by atoms with Crippen LogP contribution in [0.3, 0.4) is 0 Å². The Morgan fingerprint density at radius 2 is 1.88 bits per heavy atom. The average molecular weight is 237 g/mol. The van der Waals surface area contributed by atoms with Gasteiger partial charge >= 0.3 is 0 Å². The molecule has 0 aromatic heterocycles. The molecule has 0 saturated carbocycles. The highest BCUT2D eigenvalue weighted by Gasteiger charge is 2.13. The summed E-state index contributed by atoms with van der Waals surface area (Å²) in [5, 5.41) is 3.37. The van der Waals surface area contributed by atoms with Crippen LogP contribution in [0.1, 0.15) is 51.6 Å². The summed E-state index contributed by atoms with van der Waals surface area (Å²) in [5.74, 6) is 0.626. The van der Waals surface area contributed by atoms with Crippen molar-refractivity contribution in [2.24, 2.45) is 5.92 Å². The van der Waals surface area contributed by atoms with Gasteiger partial charge in [-0.15, -0.1) is 0 Å². The third-order valence-corrected chi connectivity index (χ3v) is 3.01. The fraction of sp³-hybridized carbons (Fsp3) is 0.600. The number of rotatable bonds is 7. The van der Waals surface area contributed by atoms with Crippen LogP contribution in [-0.2, 0) is 0 Å². The lowest BCUT2D eigenvalue weighted by Crippen LogP contribution is -2.22. The Balaban J connectivity index is 2.62. The van der Waals surface area contributed by atoms with Gasteiger partial charge in [-0.2, -0.15) is 0 Å². The Morgan fingerprint density at radius 3 is 2.47 bits per heavy atom. The highest BCUT2D eigenvalue weighted by molar-refractivity contribution is 5.21. The second-order valence-electron chi connectivity index (χ2n) is 4.96. The van der Waals surface area contributed by atoms with E-state index in [0.29, 0.717) is 0 Å². The summed E-state index contributed by atoms with van der Waals surface area (Å²) in [6, 6.07) is 7.24. The third-order valence-electron chi connectivity index (χ3n) is 3.01. The van der Waals surface area contributed by atoms with Crippen LogP contribution >= 0.6 is 0 Å². The van der Waals surface area contributed by atoms with Crippen LogP contribution in [0.25, 0.3) is 0 Å². The highest BCUT2D eigenvalue weighted by atomic mass is 19.1. The molecule has 0 amide bonds. The van der Waals surface area contributed by atoms with E-state index in [1.54, 1.807) is 12.1 Å². The fourth-order valence-corrected chi connectivity index (χ4v) is 2.10. The topological polar surface area (TPSA) is 12.0 Å². The van der Waals surface area contributed by atoms with Gasteiger partial charge in [-0.1, -0.05) is 51.8 Å². The van der Waals surface area contributed by atoms with Crippen molar-refractivity contribution in [3.8, 4) is 0 Å². The number of nitrogens with one attached hydrogen (secondary N) is 1. The van der Waals surface area contributed by atoms with Gasteiger partial charge in [0.2, 0.25) is 0 Å². The van der Waals surface area contributed by atoms with E-state index in [1.807, 2.05) is 12.1 Å². The summed E-state index contributed by atoms with van der Waals surface area (Å²) in [6.45, 7) is 7.40. The van der Waals surface area contributed by atoms with E-state index in [4.69, 9.17) is 0 Å². The SMILES string of the molecule is CCNC(CCCC(C)C)c1ccccc1F. The molecule has 1 nitrogen and oxygen atoms in total. The van der Waals surface area contributed by atoms with E-state index < -0.39 is 0 Å². The van der Waals surface area contributed by atoms with E-state index in [2.05, 4.69) is 26.1 Å². The Hall–Kier alpha value is -0.890. The molecule has 1 atom stereocenters. The van der Waals surface area contributed by atoms with Crippen molar-refractivity contribution in [1.82, 2.24) is 5.32 Å². The standard InChI is InChI=1S/C15H24FN/c1-4-17-15(11-7-8-12(2)3)13-9-5-6-10-14(13)16/h5-6,9-10,12,15,17H,4,7-8,11H2,1-3H3. The Kier molecular flexibility index (Phi) is 6.20. The largest absolute Gasteiger partial charge is 0.310 e. The normalized spacial score (nSPS) is 13.0. The van der Waals surface area contributed by atoms with Crippen LogP contribution in [0.5, 0.6) is 0 Å². The number of hydrogen-bond donors (Lipinski definition) is 1. The molecule has 0 fully saturated rings. The lowest BCUT2D eigenvalue weighted by Gasteiger charge is -2.19. The summed E-state index contributed by atoms with van der Waals surface area (Å²) in [7, 11) is 0. The molecular formula is C15H24FN. The van der Waals surface area contributed by atoms with Gasteiger partial charge in [0.05, 0.1) is 0 Å². The van der Waals surface area contributed by atoms with Crippen molar-refractivity contribution in [3.63, 3.8) is 0 Å². The summed E-state index contributed by atoms with van der Waals surface area (Å²) in [4.78, 5) is 0. The van der Waals surface area contributed by atoms with E-state index in [0.717, 1.165) is 30.9 Å². The molecule has 0 spiro atoms. The lowest BCUT2D eigenvalue weighted by molar-refractivity contribution is 0.441. The predicted octanol–water partition coefficient (Wildman–Crippen LogP) is 4.30. The van der Waals surface area contributed by atoms with Gasteiger partial charge in [-0.3, -0.25) is 0 Å². The van der Waals surface area contributed by atoms with Crippen LogP contribution < -0.4 is 5.32 Å². The maximum Gasteiger partial charge on any atom is 0.127 e. The minimum Gasteiger partial charge on any atom is -0.310 e. The summed E-state index contributed by atoms with van der Waals surface area (Å²) in [5.41, 5.74) is 0.804. The smallest absolute Gasteiger partial charge is 0.127 e. The van der Waals surface area contributed by atoms with Crippen molar-refractivity contribution in [2.45, 2.75) is 46.1 Å². The molecule has 1 N–H and O–H groups in total. The zero-order valence-electron chi connectivity index (χ0n) is 11.2. The first-order valence-corrected chi connectivity index (χ1v) is 6.63. The van der Waals surface area contributed by atoms with E-state index >= 15 is 0 Å². The highest BCUT2D eigenvalue weighted by Crippen LogP contribution is 2.23. The Bertz CT molecular complexity index is 322. The third kappa shape index (κ3) is 4.86. The summed E-state index contributed by atoms with van der Waals surface area (Å²) < 4.78 is 13.7. The van der Waals surface area contributed by atoms with Gasteiger partial charge in [0.15, 0.2) is 0 Å². The summed E-state index contributed by atoms with van der Waals surface area (Å²) >= 11 is 0. The van der Waals surface area contributed by atoms with E-state index in [1.165, 1.54) is 6.42 Å². The van der Waals surface area contributed by atoms with Crippen LogP contribution in [-0.4, -0.2) is 6.54 Å². The number of hydrogen-bond acceptors (Lipinski definition) is 1. The molecule has 1 unspecified atom stereocenters. The van der Waals surface area contributed by atoms with Gasteiger partial charge in [-0.05, 0) is 24.9 Å². The molecule has 0 bridgehead atoms. The fourth-order valence-electron chi connectivity index (χ4n) is 2.10. The molecule has 96 valence electrons. The molecule has 2 heteroatoms. The number of halogens is 1. The van der Waals surface area contributed by atoms with Crippen LogP contribution in [0.2, 0.25) is 0 Å². The molecule has 0 radical (unpaired) electrons. The van der Waals surface area contributed by atoms with Gasteiger partial charge in [0, 0.05) is 11.6 Å². The van der Waals surface area contributed by atoms with Gasteiger partial charge in [0.1, 0.15) is 5.82 Å². The maximum absolute atomic E-state index is 13.7. The molecule has 17 heavy (non-hydrogen) atoms. The first-order chi connectivity index (χ1) is 8.15. The molecule has 1 aromatic rings.